The molecule has 1 amide bonds. The predicted octanol–water partition coefficient (Wildman–Crippen LogP) is 0.335. The second kappa shape index (κ2) is 15.1. The Morgan fingerprint density at radius 1 is 1.13 bits per heavy atom. The van der Waals surface area contributed by atoms with Gasteiger partial charge < -0.3 is 45.6 Å². The normalized spacial score (nSPS) is 24.2. The standard InChI is InChI=1S/C22H39N6O15P3/c1-12(2)6-5-7-24-20(31)17(30)22(3,4)9-40-46(37,38)43-45(35,36)39-8-13-16(42-44(32,33)34)15(29)21(41-13)28-11-27-14-18(23)25-10-26-19(14)28/h10-13,15-17,21,29-30H,5-9H2,1-4H3,(H,24,31)(H,35,36)(H,37,38)(H2,23,25,26)(H2,32,33,34). The number of nitrogens with one attached hydrogen (secondary N) is 1. The van der Waals surface area contributed by atoms with Crippen LogP contribution in [0.1, 0.15) is 46.8 Å². The average molecular weight is 721 g/mol. The van der Waals surface area contributed by atoms with Crippen LogP contribution in [0.5, 0.6) is 0 Å². The van der Waals surface area contributed by atoms with Crippen LogP contribution in [0.4, 0.5) is 5.82 Å². The Labute approximate surface area is 262 Å². The molecule has 0 saturated carbocycles. The Morgan fingerprint density at radius 2 is 1.78 bits per heavy atom. The molecule has 0 radical (unpaired) electrons. The van der Waals surface area contributed by atoms with Gasteiger partial charge >= 0.3 is 23.5 Å². The van der Waals surface area contributed by atoms with Crippen LogP contribution >= 0.6 is 23.5 Å². The van der Waals surface area contributed by atoms with Gasteiger partial charge in [0.2, 0.25) is 5.91 Å². The summed E-state index contributed by atoms with van der Waals surface area (Å²) in [6.45, 7) is 5.14. The highest BCUT2D eigenvalue weighted by molar-refractivity contribution is 7.61. The van der Waals surface area contributed by atoms with E-state index in [2.05, 4.69) is 29.1 Å². The second-order valence-electron chi connectivity index (χ2n) is 11.5. The molecule has 1 saturated heterocycles. The summed E-state index contributed by atoms with van der Waals surface area (Å²) < 4.78 is 61.8. The molecule has 2 aromatic heterocycles. The van der Waals surface area contributed by atoms with Crippen molar-refractivity contribution in [2.75, 3.05) is 25.5 Å². The Kier molecular flexibility index (Phi) is 12.6. The van der Waals surface area contributed by atoms with Crippen molar-refractivity contribution in [2.24, 2.45) is 11.3 Å². The number of hydrogen-bond donors (Lipinski definition) is 8. The van der Waals surface area contributed by atoms with Crippen molar-refractivity contribution in [3.63, 3.8) is 0 Å². The van der Waals surface area contributed by atoms with E-state index in [0.717, 1.165) is 23.6 Å². The molecule has 262 valence electrons. The van der Waals surface area contributed by atoms with Crippen molar-refractivity contribution >= 4 is 46.4 Å². The van der Waals surface area contributed by atoms with Crippen LogP contribution in [0.3, 0.4) is 0 Å². The van der Waals surface area contributed by atoms with E-state index in [-0.39, 0.29) is 17.0 Å². The molecular formula is C22H39N6O15P3. The molecule has 0 aliphatic carbocycles. The number of amides is 1. The number of nitrogen functional groups attached to an aromatic ring is 1. The van der Waals surface area contributed by atoms with Gasteiger partial charge in [-0.25, -0.2) is 28.6 Å². The van der Waals surface area contributed by atoms with Crippen LogP contribution in [-0.4, -0.2) is 99.4 Å². The zero-order chi connectivity index (χ0) is 34.7. The molecule has 1 aliphatic heterocycles. The molecule has 24 heteroatoms. The number of aliphatic hydroxyl groups is 2. The minimum atomic E-state index is -5.49. The third-order valence-electron chi connectivity index (χ3n) is 6.68. The highest BCUT2D eigenvalue weighted by Crippen LogP contribution is 2.61. The lowest BCUT2D eigenvalue weighted by atomic mass is 9.87. The van der Waals surface area contributed by atoms with Crippen LogP contribution < -0.4 is 11.1 Å². The summed E-state index contributed by atoms with van der Waals surface area (Å²) in [7, 11) is -16.2. The molecule has 46 heavy (non-hydrogen) atoms. The number of carbonyl (C=O) groups is 1. The number of phosphoric acid groups is 3. The first-order valence-corrected chi connectivity index (χ1v) is 18.3. The number of phosphoric ester groups is 3. The summed E-state index contributed by atoms with van der Waals surface area (Å²) in [5.41, 5.74) is 4.45. The number of anilines is 1. The Morgan fingerprint density at radius 3 is 2.41 bits per heavy atom. The monoisotopic (exact) mass is 720 g/mol. The molecule has 1 aliphatic rings. The first-order chi connectivity index (χ1) is 21.1. The minimum Gasteiger partial charge on any atom is -0.386 e. The van der Waals surface area contributed by atoms with E-state index < -0.39 is 78.6 Å². The van der Waals surface area contributed by atoms with Crippen LogP contribution in [-0.2, 0) is 41.1 Å². The summed E-state index contributed by atoms with van der Waals surface area (Å²) in [6.07, 6.45) is -4.85. The Bertz CT molecular complexity index is 1500. The Balaban J connectivity index is 1.63. The number of fused-ring (bicyclic) bond motifs is 1. The highest BCUT2D eigenvalue weighted by Gasteiger charge is 2.50. The first-order valence-electron chi connectivity index (χ1n) is 13.7. The number of nitrogens with two attached hydrogens (primary N) is 1. The SMILES string of the molecule is CC(C)CCCNC(=O)C(O)C(C)(C)COP(=O)(O)OP(=O)(O)OCC1OC(n2cnc3c(N)ncnc32)C(O)C1OP(=O)(O)O. The molecular weight excluding hydrogens is 681 g/mol. The van der Waals surface area contributed by atoms with Gasteiger partial charge in [0.1, 0.15) is 36.3 Å². The molecule has 9 N–H and O–H groups in total. The van der Waals surface area contributed by atoms with E-state index in [1.54, 1.807) is 0 Å². The molecule has 1 fully saturated rings. The number of aliphatic hydroxyl groups excluding tert-OH is 2. The molecule has 7 atom stereocenters. The molecule has 7 unspecified atom stereocenters. The van der Waals surface area contributed by atoms with Gasteiger partial charge in [0.25, 0.3) is 0 Å². The van der Waals surface area contributed by atoms with Gasteiger partial charge in [-0.3, -0.25) is 22.9 Å². The molecule has 3 heterocycles. The lowest BCUT2D eigenvalue weighted by molar-refractivity contribution is -0.136. The number of imidazole rings is 1. The van der Waals surface area contributed by atoms with E-state index in [4.69, 9.17) is 19.5 Å². The molecule has 2 aromatic rings. The summed E-state index contributed by atoms with van der Waals surface area (Å²) >= 11 is 0. The van der Waals surface area contributed by atoms with Gasteiger partial charge in [-0.05, 0) is 18.8 Å². The van der Waals surface area contributed by atoms with Crippen LogP contribution in [0.2, 0.25) is 0 Å². The van der Waals surface area contributed by atoms with Gasteiger partial charge in [-0.1, -0.05) is 27.7 Å². The highest BCUT2D eigenvalue weighted by atomic mass is 31.3. The van der Waals surface area contributed by atoms with Gasteiger partial charge in [0.15, 0.2) is 17.7 Å². The maximum absolute atomic E-state index is 12.6. The number of hydrogen-bond acceptors (Lipinski definition) is 15. The zero-order valence-electron chi connectivity index (χ0n) is 25.2. The lowest BCUT2D eigenvalue weighted by Gasteiger charge is -2.30. The average Bonchev–Trinajstić information content (AvgIpc) is 3.48. The fourth-order valence-corrected chi connectivity index (χ4v) is 7.10. The van der Waals surface area contributed by atoms with E-state index >= 15 is 0 Å². The van der Waals surface area contributed by atoms with Gasteiger partial charge in [-0.2, -0.15) is 4.31 Å². The van der Waals surface area contributed by atoms with Crippen molar-refractivity contribution in [1.29, 1.82) is 0 Å². The van der Waals surface area contributed by atoms with Crippen molar-refractivity contribution in [3.05, 3.63) is 12.7 Å². The third kappa shape index (κ3) is 10.5. The maximum Gasteiger partial charge on any atom is 0.481 e. The second-order valence-corrected chi connectivity index (χ2v) is 15.7. The quantitative estimate of drug-likeness (QED) is 0.0806. The zero-order valence-corrected chi connectivity index (χ0v) is 27.9. The Hall–Kier alpha value is -1.93. The molecule has 0 spiro atoms. The van der Waals surface area contributed by atoms with E-state index in [1.165, 1.54) is 13.8 Å². The van der Waals surface area contributed by atoms with Crippen molar-refractivity contribution in [2.45, 2.75) is 71.2 Å². The molecule has 0 bridgehead atoms. The number of rotatable bonds is 17. The van der Waals surface area contributed by atoms with Crippen molar-refractivity contribution in [1.82, 2.24) is 24.8 Å². The van der Waals surface area contributed by atoms with Gasteiger partial charge in [0.05, 0.1) is 19.5 Å². The van der Waals surface area contributed by atoms with Crippen molar-refractivity contribution in [3.8, 4) is 0 Å². The van der Waals surface area contributed by atoms with Crippen LogP contribution in [0, 0.1) is 11.3 Å². The summed E-state index contributed by atoms with van der Waals surface area (Å²) in [5.74, 6) is -0.364. The number of carbonyl (C=O) groups excluding carboxylic acids is 1. The van der Waals surface area contributed by atoms with E-state index in [9.17, 15) is 48.3 Å². The minimum absolute atomic E-state index is 0.0218. The number of ether oxygens (including phenoxy) is 1. The smallest absolute Gasteiger partial charge is 0.386 e. The van der Waals surface area contributed by atoms with E-state index in [1.807, 2.05) is 13.8 Å². The summed E-state index contributed by atoms with van der Waals surface area (Å²) in [4.78, 5) is 63.0. The van der Waals surface area contributed by atoms with Crippen LogP contribution in [0.25, 0.3) is 11.2 Å². The first kappa shape index (κ1) is 38.5. The maximum atomic E-state index is 12.6. The number of nitrogens with zero attached hydrogens (tertiary/aromatic N) is 4. The van der Waals surface area contributed by atoms with Gasteiger partial charge in [0, 0.05) is 12.0 Å². The fourth-order valence-electron chi connectivity index (χ4n) is 4.27. The predicted molar refractivity (Wildman–Crippen MR) is 156 cm³/mol. The molecule has 0 aromatic carbocycles. The molecule has 21 nitrogen and oxygen atoms in total. The van der Waals surface area contributed by atoms with Crippen molar-refractivity contribution < 1.29 is 70.9 Å². The number of aromatic nitrogens is 4. The van der Waals surface area contributed by atoms with Crippen LogP contribution in [0.15, 0.2) is 12.7 Å². The summed E-state index contributed by atoms with van der Waals surface area (Å²) in [5, 5.41) is 23.8. The molecule has 3 rings (SSSR count). The van der Waals surface area contributed by atoms with Gasteiger partial charge in [-0.15, -0.1) is 0 Å². The fraction of sp³-hybridized carbons (Fsp3) is 0.727. The lowest BCUT2D eigenvalue weighted by Crippen LogP contribution is -2.46. The third-order valence-corrected chi connectivity index (χ3v) is 9.78. The summed E-state index contributed by atoms with van der Waals surface area (Å²) in [6, 6.07) is 0. The topological polar surface area (TPSA) is 317 Å². The largest absolute Gasteiger partial charge is 0.481 e. The van der Waals surface area contributed by atoms with E-state index in [0.29, 0.717) is 18.9 Å².